The maximum atomic E-state index is 4.32. The zero-order chi connectivity index (χ0) is 11.7. The zero-order valence-electron chi connectivity index (χ0n) is 10.5. The Labute approximate surface area is 102 Å². The second kappa shape index (κ2) is 4.74. The van der Waals surface area contributed by atoms with Gasteiger partial charge in [-0.15, -0.1) is 5.10 Å². The summed E-state index contributed by atoms with van der Waals surface area (Å²) in [6.07, 6.45) is 3.67. The lowest BCUT2D eigenvalue weighted by Crippen LogP contribution is -2.33. The molecule has 0 radical (unpaired) electrons. The summed E-state index contributed by atoms with van der Waals surface area (Å²) in [5.41, 5.74) is 2.52. The topological polar surface area (TPSA) is 46.0 Å². The predicted octanol–water partition coefficient (Wildman–Crippen LogP) is 0.266. The third-order valence-corrected chi connectivity index (χ3v) is 4.02. The van der Waals surface area contributed by atoms with E-state index in [9.17, 15) is 0 Å². The largest absolute Gasteiger partial charge is 0.311 e. The number of likely N-dealkylation sites (tertiary alicyclic amines) is 1. The van der Waals surface area contributed by atoms with Gasteiger partial charge >= 0.3 is 0 Å². The van der Waals surface area contributed by atoms with Crippen LogP contribution in [-0.4, -0.2) is 46.6 Å². The molecule has 0 unspecified atom stereocenters. The summed E-state index contributed by atoms with van der Waals surface area (Å²) in [5, 5.41) is 11.9. The predicted molar refractivity (Wildman–Crippen MR) is 65.7 cm³/mol. The molecule has 0 amide bonds. The number of piperidine rings is 1. The molecule has 94 valence electrons. The van der Waals surface area contributed by atoms with Crippen molar-refractivity contribution in [2.24, 2.45) is 5.92 Å². The van der Waals surface area contributed by atoms with Gasteiger partial charge in [-0.3, -0.25) is 0 Å². The molecule has 0 bridgehead atoms. The molecule has 2 aliphatic heterocycles. The smallest absolute Gasteiger partial charge is 0.0997 e. The third kappa shape index (κ3) is 2.35. The van der Waals surface area contributed by atoms with Crippen molar-refractivity contribution in [2.75, 3.05) is 26.7 Å². The number of rotatable bonds is 2. The fraction of sp³-hybridized carbons (Fsp3) is 0.833. The molecule has 0 aromatic carbocycles. The van der Waals surface area contributed by atoms with Crippen LogP contribution in [0.3, 0.4) is 0 Å². The van der Waals surface area contributed by atoms with E-state index in [4.69, 9.17) is 0 Å². The van der Waals surface area contributed by atoms with Crippen molar-refractivity contribution >= 4 is 0 Å². The van der Waals surface area contributed by atoms with E-state index >= 15 is 0 Å². The minimum absolute atomic E-state index is 0.784. The number of hydrogen-bond acceptors (Lipinski definition) is 4. The molecular weight excluding hydrogens is 214 g/mol. The van der Waals surface area contributed by atoms with Crippen LogP contribution in [0.5, 0.6) is 0 Å². The highest BCUT2D eigenvalue weighted by molar-refractivity contribution is 5.13. The molecule has 1 fully saturated rings. The van der Waals surface area contributed by atoms with Crippen molar-refractivity contribution in [3.63, 3.8) is 0 Å². The first-order chi connectivity index (χ1) is 8.33. The molecule has 1 aromatic heterocycles. The standard InChI is InChI=1S/C12H21N5/c1-16-6-3-10(4-7-16)9-17-12-2-5-13-8-11(12)14-15-17/h10,13H,2-9H2,1H3. The van der Waals surface area contributed by atoms with E-state index in [1.807, 2.05) is 0 Å². The van der Waals surface area contributed by atoms with Gasteiger partial charge in [-0.1, -0.05) is 5.21 Å². The van der Waals surface area contributed by atoms with Crippen LogP contribution in [0.15, 0.2) is 0 Å². The van der Waals surface area contributed by atoms with Crippen LogP contribution in [-0.2, 0) is 19.5 Å². The summed E-state index contributed by atoms with van der Waals surface area (Å²) in [4.78, 5) is 2.41. The van der Waals surface area contributed by atoms with Gasteiger partial charge in [0.15, 0.2) is 0 Å². The van der Waals surface area contributed by atoms with E-state index in [-0.39, 0.29) is 0 Å². The van der Waals surface area contributed by atoms with Crippen molar-refractivity contribution in [1.82, 2.24) is 25.2 Å². The Hall–Kier alpha value is -0.940. The first-order valence-electron chi connectivity index (χ1n) is 6.63. The minimum atomic E-state index is 0.784. The van der Waals surface area contributed by atoms with Crippen LogP contribution < -0.4 is 5.32 Å². The lowest BCUT2D eigenvalue weighted by molar-refractivity contribution is 0.199. The van der Waals surface area contributed by atoms with Gasteiger partial charge in [0.25, 0.3) is 0 Å². The Bertz CT molecular complexity index is 378. The average Bonchev–Trinajstić information content (AvgIpc) is 2.76. The van der Waals surface area contributed by atoms with Gasteiger partial charge in [0.2, 0.25) is 0 Å². The van der Waals surface area contributed by atoms with E-state index in [1.54, 1.807) is 0 Å². The first kappa shape index (κ1) is 11.2. The van der Waals surface area contributed by atoms with Crippen LogP contribution in [0.1, 0.15) is 24.2 Å². The monoisotopic (exact) mass is 235 g/mol. The van der Waals surface area contributed by atoms with Crippen LogP contribution in [0.4, 0.5) is 0 Å². The Balaban J connectivity index is 1.66. The molecule has 0 spiro atoms. The molecule has 1 N–H and O–H groups in total. The van der Waals surface area contributed by atoms with E-state index < -0.39 is 0 Å². The molecule has 3 rings (SSSR count). The number of hydrogen-bond donors (Lipinski definition) is 1. The fourth-order valence-electron chi connectivity index (χ4n) is 2.83. The van der Waals surface area contributed by atoms with E-state index in [2.05, 4.69) is 32.3 Å². The molecule has 1 aromatic rings. The van der Waals surface area contributed by atoms with Crippen LogP contribution in [0.2, 0.25) is 0 Å². The molecule has 3 heterocycles. The fourth-order valence-corrected chi connectivity index (χ4v) is 2.83. The summed E-state index contributed by atoms with van der Waals surface area (Å²) in [7, 11) is 2.21. The molecule has 0 saturated carbocycles. The molecular formula is C12H21N5. The van der Waals surface area contributed by atoms with Gasteiger partial charge in [-0.25, -0.2) is 4.68 Å². The average molecular weight is 235 g/mol. The summed E-state index contributed by atoms with van der Waals surface area (Å²) in [6, 6.07) is 0. The van der Waals surface area contributed by atoms with Crippen molar-refractivity contribution in [3.05, 3.63) is 11.4 Å². The highest BCUT2D eigenvalue weighted by atomic mass is 15.4. The summed E-state index contributed by atoms with van der Waals surface area (Å²) in [6.45, 7) is 5.47. The summed E-state index contributed by atoms with van der Waals surface area (Å²) in [5.74, 6) is 0.784. The zero-order valence-corrected chi connectivity index (χ0v) is 10.5. The number of nitrogens with zero attached hydrogens (tertiary/aromatic N) is 4. The summed E-state index contributed by atoms with van der Waals surface area (Å²) >= 11 is 0. The maximum absolute atomic E-state index is 4.32. The van der Waals surface area contributed by atoms with Crippen molar-refractivity contribution in [2.45, 2.75) is 32.4 Å². The van der Waals surface area contributed by atoms with E-state index in [0.717, 1.165) is 37.7 Å². The molecule has 17 heavy (non-hydrogen) atoms. The molecule has 0 aliphatic carbocycles. The second-order valence-electron chi connectivity index (χ2n) is 5.34. The number of aromatic nitrogens is 3. The normalized spacial score (nSPS) is 22.6. The van der Waals surface area contributed by atoms with Crippen molar-refractivity contribution < 1.29 is 0 Å². The van der Waals surface area contributed by atoms with Crippen LogP contribution in [0.25, 0.3) is 0 Å². The Morgan fingerprint density at radius 3 is 3.00 bits per heavy atom. The van der Waals surface area contributed by atoms with Gasteiger partial charge in [0.05, 0.1) is 11.4 Å². The molecule has 5 nitrogen and oxygen atoms in total. The minimum Gasteiger partial charge on any atom is -0.311 e. The SMILES string of the molecule is CN1CCC(Cn2nnc3c2CCNC3)CC1. The Morgan fingerprint density at radius 1 is 1.35 bits per heavy atom. The van der Waals surface area contributed by atoms with Crippen LogP contribution in [0, 0.1) is 5.92 Å². The lowest BCUT2D eigenvalue weighted by Gasteiger charge is -2.29. The first-order valence-corrected chi connectivity index (χ1v) is 6.63. The lowest BCUT2D eigenvalue weighted by atomic mass is 9.97. The summed E-state index contributed by atoms with van der Waals surface area (Å²) < 4.78 is 2.16. The molecule has 0 atom stereocenters. The van der Waals surface area contributed by atoms with Crippen molar-refractivity contribution in [1.29, 1.82) is 0 Å². The highest BCUT2D eigenvalue weighted by Gasteiger charge is 2.21. The van der Waals surface area contributed by atoms with Gasteiger partial charge < -0.3 is 10.2 Å². The maximum Gasteiger partial charge on any atom is 0.0997 e. The molecule has 1 saturated heterocycles. The molecule has 2 aliphatic rings. The number of nitrogens with one attached hydrogen (secondary N) is 1. The van der Waals surface area contributed by atoms with E-state index in [0.29, 0.717) is 0 Å². The Morgan fingerprint density at radius 2 is 2.18 bits per heavy atom. The van der Waals surface area contributed by atoms with Crippen molar-refractivity contribution in [3.8, 4) is 0 Å². The van der Waals surface area contributed by atoms with Gasteiger partial charge in [0, 0.05) is 26.1 Å². The van der Waals surface area contributed by atoms with Crippen LogP contribution >= 0.6 is 0 Å². The van der Waals surface area contributed by atoms with Gasteiger partial charge in [-0.2, -0.15) is 0 Å². The van der Waals surface area contributed by atoms with Gasteiger partial charge in [-0.05, 0) is 38.9 Å². The number of fused-ring (bicyclic) bond motifs is 1. The van der Waals surface area contributed by atoms with Gasteiger partial charge in [0.1, 0.15) is 0 Å². The third-order valence-electron chi connectivity index (χ3n) is 4.02. The second-order valence-corrected chi connectivity index (χ2v) is 5.34. The quantitative estimate of drug-likeness (QED) is 0.799. The molecule has 5 heteroatoms. The highest BCUT2D eigenvalue weighted by Crippen LogP contribution is 2.19. The van der Waals surface area contributed by atoms with E-state index in [1.165, 1.54) is 31.6 Å². The Kier molecular flexibility index (Phi) is 3.11.